The number of aromatic nitrogens is 4. The molecule has 4 aromatic heterocycles. The Morgan fingerprint density at radius 2 is 2.10 bits per heavy atom. The van der Waals surface area contributed by atoms with E-state index >= 15 is 0 Å². The molecule has 1 fully saturated rings. The molecule has 1 saturated carbocycles. The number of pyridine rings is 2. The normalized spacial score (nSPS) is 14.1. The molecule has 0 atom stereocenters. The van der Waals surface area contributed by atoms with Crippen LogP contribution in [0.25, 0.3) is 16.6 Å². The maximum atomic E-state index is 12.5. The lowest BCUT2D eigenvalue weighted by molar-refractivity contribution is 0.0945. The van der Waals surface area contributed by atoms with Crippen LogP contribution in [0, 0.1) is 5.92 Å². The van der Waals surface area contributed by atoms with E-state index in [9.17, 15) is 9.59 Å². The van der Waals surface area contributed by atoms with Crippen molar-refractivity contribution in [3.8, 4) is 0 Å². The van der Waals surface area contributed by atoms with Crippen molar-refractivity contribution in [1.82, 2.24) is 30.0 Å². The quantitative estimate of drug-likeness (QED) is 0.429. The molecule has 0 spiro atoms. The molecule has 1 amide bonds. The standard InChI is InChI=1S/C23H24N6O2/c30-22-10-20(28-21-6-1-2-7-29(21)22)23(31)26-14-17-9-19-16(12-25-17)8-18(27-19)13-24-11-15-4-3-5-15/h1-2,6-10,12,15,24,27H,3-5,11,13-14H2,(H,26,31). The minimum absolute atomic E-state index is 0.0944. The van der Waals surface area contributed by atoms with Crippen LogP contribution in [-0.2, 0) is 13.1 Å². The molecular weight excluding hydrogens is 392 g/mol. The maximum absolute atomic E-state index is 12.5. The van der Waals surface area contributed by atoms with Gasteiger partial charge in [-0.05, 0) is 49.6 Å². The highest BCUT2D eigenvalue weighted by Gasteiger charge is 2.16. The highest BCUT2D eigenvalue weighted by atomic mass is 16.2. The van der Waals surface area contributed by atoms with Gasteiger partial charge in [-0.3, -0.25) is 19.0 Å². The van der Waals surface area contributed by atoms with E-state index in [0.717, 1.165) is 41.3 Å². The molecule has 8 heteroatoms. The van der Waals surface area contributed by atoms with Crippen molar-refractivity contribution in [1.29, 1.82) is 0 Å². The molecule has 31 heavy (non-hydrogen) atoms. The van der Waals surface area contributed by atoms with Crippen molar-refractivity contribution in [2.24, 2.45) is 5.92 Å². The Morgan fingerprint density at radius 3 is 2.94 bits per heavy atom. The van der Waals surface area contributed by atoms with Crippen LogP contribution in [0.4, 0.5) is 0 Å². The number of fused-ring (bicyclic) bond motifs is 2. The number of aromatic amines is 1. The number of carbonyl (C=O) groups is 1. The predicted molar refractivity (Wildman–Crippen MR) is 118 cm³/mol. The van der Waals surface area contributed by atoms with Gasteiger partial charge in [0.15, 0.2) is 0 Å². The molecule has 158 valence electrons. The van der Waals surface area contributed by atoms with Crippen molar-refractivity contribution in [3.63, 3.8) is 0 Å². The van der Waals surface area contributed by atoms with E-state index in [1.54, 1.807) is 24.4 Å². The summed E-state index contributed by atoms with van der Waals surface area (Å²) in [5.74, 6) is 0.423. The molecule has 3 N–H and O–H groups in total. The summed E-state index contributed by atoms with van der Waals surface area (Å²) in [6.45, 7) is 2.12. The second kappa shape index (κ2) is 8.31. The van der Waals surface area contributed by atoms with Crippen LogP contribution in [0.2, 0.25) is 0 Å². The molecular formula is C23H24N6O2. The van der Waals surface area contributed by atoms with Crippen molar-refractivity contribution < 1.29 is 4.79 Å². The Bertz CT molecular complexity index is 1300. The average Bonchev–Trinajstić information content (AvgIpc) is 3.15. The summed E-state index contributed by atoms with van der Waals surface area (Å²) in [5.41, 5.74) is 3.08. The zero-order valence-corrected chi connectivity index (χ0v) is 17.1. The van der Waals surface area contributed by atoms with E-state index in [2.05, 4.69) is 31.7 Å². The van der Waals surface area contributed by atoms with Crippen molar-refractivity contribution in [3.05, 3.63) is 76.2 Å². The van der Waals surface area contributed by atoms with Crippen LogP contribution in [-0.4, -0.2) is 31.8 Å². The molecule has 0 bridgehead atoms. The minimum atomic E-state index is -0.405. The largest absolute Gasteiger partial charge is 0.357 e. The summed E-state index contributed by atoms with van der Waals surface area (Å²) < 4.78 is 1.40. The van der Waals surface area contributed by atoms with Gasteiger partial charge in [-0.2, -0.15) is 0 Å². The number of amides is 1. The van der Waals surface area contributed by atoms with Gasteiger partial charge in [0.1, 0.15) is 11.3 Å². The number of nitrogens with one attached hydrogen (secondary N) is 3. The van der Waals surface area contributed by atoms with Crippen LogP contribution < -0.4 is 16.2 Å². The monoisotopic (exact) mass is 416 g/mol. The first-order valence-corrected chi connectivity index (χ1v) is 10.6. The Balaban J connectivity index is 1.23. The van der Waals surface area contributed by atoms with Gasteiger partial charge in [0.2, 0.25) is 0 Å². The summed E-state index contributed by atoms with van der Waals surface area (Å²) >= 11 is 0. The molecule has 1 aliphatic carbocycles. The fourth-order valence-electron chi connectivity index (χ4n) is 3.86. The highest BCUT2D eigenvalue weighted by molar-refractivity contribution is 5.92. The van der Waals surface area contributed by atoms with Gasteiger partial charge in [-0.25, -0.2) is 4.98 Å². The lowest BCUT2D eigenvalue weighted by Crippen LogP contribution is -2.27. The lowest BCUT2D eigenvalue weighted by Gasteiger charge is -2.25. The zero-order valence-electron chi connectivity index (χ0n) is 17.1. The molecule has 0 radical (unpaired) electrons. The first-order valence-electron chi connectivity index (χ1n) is 10.6. The third-order valence-corrected chi connectivity index (χ3v) is 5.82. The van der Waals surface area contributed by atoms with E-state index in [1.807, 2.05) is 12.3 Å². The molecule has 4 aromatic rings. The summed E-state index contributed by atoms with van der Waals surface area (Å²) in [7, 11) is 0. The van der Waals surface area contributed by atoms with Gasteiger partial charge in [-0.1, -0.05) is 12.5 Å². The van der Waals surface area contributed by atoms with Gasteiger partial charge in [-0.15, -0.1) is 0 Å². The van der Waals surface area contributed by atoms with Crippen LogP contribution in [0.15, 0.2) is 53.6 Å². The Labute approximate surface area is 178 Å². The fourth-order valence-corrected chi connectivity index (χ4v) is 3.86. The molecule has 5 rings (SSSR count). The van der Waals surface area contributed by atoms with Crippen molar-refractivity contribution >= 4 is 22.5 Å². The molecule has 0 aromatic carbocycles. The van der Waals surface area contributed by atoms with Crippen molar-refractivity contribution in [2.75, 3.05) is 6.54 Å². The molecule has 4 heterocycles. The van der Waals surface area contributed by atoms with Crippen LogP contribution >= 0.6 is 0 Å². The maximum Gasteiger partial charge on any atom is 0.270 e. The third-order valence-electron chi connectivity index (χ3n) is 5.82. The van der Waals surface area contributed by atoms with Gasteiger partial charge in [0.25, 0.3) is 11.5 Å². The molecule has 0 aliphatic heterocycles. The van der Waals surface area contributed by atoms with E-state index < -0.39 is 5.91 Å². The Morgan fingerprint density at radius 1 is 1.19 bits per heavy atom. The second-order valence-electron chi connectivity index (χ2n) is 8.08. The Hall–Kier alpha value is -3.52. The smallest absolute Gasteiger partial charge is 0.270 e. The first kappa shape index (κ1) is 19.4. The van der Waals surface area contributed by atoms with E-state index in [0.29, 0.717) is 5.65 Å². The third kappa shape index (κ3) is 4.20. The zero-order chi connectivity index (χ0) is 21.2. The van der Waals surface area contributed by atoms with Gasteiger partial charge in [0.05, 0.1) is 12.2 Å². The van der Waals surface area contributed by atoms with Gasteiger partial charge in [0, 0.05) is 41.6 Å². The lowest BCUT2D eigenvalue weighted by atomic mass is 9.85. The number of H-pyrrole nitrogens is 1. The average molecular weight is 416 g/mol. The molecule has 8 nitrogen and oxygen atoms in total. The number of nitrogens with zero attached hydrogens (tertiary/aromatic N) is 3. The molecule has 0 saturated heterocycles. The SMILES string of the molecule is O=C(NCc1cc2[nH]c(CNCC3CCC3)cc2cn1)c1cc(=O)n2ccccc2n1. The van der Waals surface area contributed by atoms with Crippen molar-refractivity contribution in [2.45, 2.75) is 32.4 Å². The molecule has 1 aliphatic rings. The summed E-state index contributed by atoms with van der Waals surface area (Å²) in [5, 5.41) is 7.35. The molecule has 0 unspecified atom stereocenters. The second-order valence-corrected chi connectivity index (χ2v) is 8.08. The van der Waals surface area contributed by atoms with Crippen LogP contribution in [0.5, 0.6) is 0 Å². The number of rotatable bonds is 7. The summed E-state index contributed by atoms with van der Waals surface area (Å²) in [6.07, 6.45) is 7.46. The Kier molecular flexibility index (Phi) is 5.21. The van der Waals surface area contributed by atoms with Gasteiger partial charge < -0.3 is 15.6 Å². The number of hydrogen-bond acceptors (Lipinski definition) is 5. The minimum Gasteiger partial charge on any atom is -0.357 e. The summed E-state index contributed by atoms with van der Waals surface area (Å²) in [4.78, 5) is 36.8. The number of hydrogen-bond donors (Lipinski definition) is 3. The van der Waals surface area contributed by atoms with Gasteiger partial charge >= 0.3 is 0 Å². The topological polar surface area (TPSA) is 104 Å². The predicted octanol–water partition coefficient (Wildman–Crippen LogP) is 2.39. The number of carbonyl (C=O) groups excluding carboxylic acids is 1. The summed E-state index contributed by atoms with van der Waals surface area (Å²) in [6, 6.07) is 10.5. The fraction of sp³-hybridized carbons (Fsp3) is 0.304. The highest BCUT2D eigenvalue weighted by Crippen LogP contribution is 2.25. The van der Waals surface area contributed by atoms with Crippen LogP contribution in [0.3, 0.4) is 0 Å². The van der Waals surface area contributed by atoms with E-state index in [-0.39, 0.29) is 17.8 Å². The van der Waals surface area contributed by atoms with E-state index in [4.69, 9.17) is 0 Å². The van der Waals surface area contributed by atoms with E-state index in [1.165, 1.54) is 29.7 Å². The van der Waals surface area contributed by atoms with Crippen LogP contribution in [0.1, 0.15) is 41.1 Å². The first-order chi connectivity index (χ1) is 15.2.